The zero-order valence-electron chi connectivity index (χ0n) is 17.6. The van der Waals surface area contributed by atoms with Crippen LogP contribution in [0.25, 0.3) is 6.08 Å². The molecule has 3 aromatic carbocycles. The van der Waals surface area contributed by atoms with Crippen molar-refractivity contribution in [1.29, 1.82) is 0 Å². The second kappa shape index (κ2) is 10.1. The van der Waals surface area contributed by atoms with Gasteiger partial charge in [-0.25, -0.2) is 4.39 Å². The van der Waals surface area contributed by atoms with Gasteiger partial charge in [0, 0.05) is 5.02 Å². The van der Waals surface area contributed by atoms with Crippen LogP contribution in [0.2, 0.25) is 5.02 Å². The van der Waals surface area contributed by atoms with E-state index in [1.807, 2.05) is 12.1 Å². The molecule has 0 saturated carbocycles. The molecule has 5 nitrogen and oxygen atoms in total. The molecule has 0 bridgehead atoms. The second-order valence-corrected chi connectivity index (χ2v) is 8.65. The van der Waals surface area contributed by atoms with E-state index in [9.17, 15) is 14.0 Å². The monoisotopic (exact) mass is 483 g/mol. The Bertz CT molecular complexity index is 1210. The molecule has 0 aliphatic carbocycles. The first-order valence-electron chi connectivity index (χ1n) is 9.98. The minimum absolute atomic E-state index is 0.0864. The summed E-state index contributed by atoms with van der Waals surface area (Å²) in [4.78, 5) is 26.6. The van der Waals surface area contributed by atoms with E-state index >= 15 is 0 Å². The van der Waals surface area contributed by atoms with Crippen LogP contribution in [0, 0.1) is 5.82 Å². The summed E-state index contributed by atoms with van der Waals surface area (Å²) in [5.41, 5.74) is 2.32. The number of thioether (sulfide) groups is 1. The number of imide groups is 1. The molecule has 1 fully saturated rings. The maximum atomic E-state index is 13.1. The topological polar surface area (TPSA) is 55.8 Å². The van der Waals surface area contributed by atoms with Gasteiger partial charge >= 0.3 is 0 Å². The molecule has 3 aromatic rings. The van der Waals surface area contributed by atoms with Crippen molar-refractivity contribution in [2.24, 2.45) is 0 Å². The van der Waals surface area contributed by atoms with Gasteiger partial charge in [-0.3, -0.25) is 14.5 Å². The fourth-order valence-corrected chi connectivity index (χ4v) is 4.16. The molecule has 8 heteroatoms. The lowest BCUT2D eigenvalue weighted by Crippen LogP contribution is -2.27. The van der Waals surface area contributed by atoms with Gasteiger partial charge in [-0.15, -0.1) is 0 Å². The van der Waals surface area contributed by atoms with Crippen molar-refractivity contribution < 1.29 is 23.5 Å². The quantitative estimate of drug-likeness (QED) is 0.369. The van der Waals surface area contributed by atoms with E-state index in [0.29, 0.717) is 39.2 Å². The van der Waals surface area contributed by atoms with E-state index in [0.717, 1.165) is 22.2 Å². The standard InChI is InChI=1S/C25H19ClFNO4S/c1-31-22-12-18(6-11-21(22)32-15-17-2-7-19(26)8-3-17)13-23-24(29)28(25(30)33-23)14-16-4-9-20(27)10-5-16/h2-13H,14-15H2,1H3. The zero-order chi connectivity index (χ0) is 23.4. The van der Waals surface area contributed by atoms with E-state index in [-0.39, 0.29) is 17.6 Å². The van der Waals surface area contributed by atoms with Crippen LogP contribution in [0.15, 0.2) is 71.6 Å². The van der Waals surface area contributed by atoms with Gasteiger partial charge in [0.15, 0.2) is 11.5 Å². The van der Waals surface area contributed by atoms with Crippen LogP contribution in [0.5, 0.6) is 11.5 Å². The van der Waals surface area contributed by atoms with E-state index in [1.54, 1.807) is 48.5 Å². The lowest BCUT2D eigenvalue weighted by Gasteiger charge is -2.12. The molecule has 0 aromatic heterocycles. The predicted molar refractivity (Wildman–Crippen MR) is 127 cm³/mol. The highest BCUT2D eigenvalue weighted by molar-refractivity contribution is 8.18. The van der Waals surface area contributed by atoms with Crippen LogP contribution in [0.1, 0.15) is 16.7 Å². The summed E-state index contributed by atoms with van der Waals surface area (Å²) in [6, 6.07) is 18.3. The summed E-state index contributed by atoms with van der Waals surface area (Å²) in [7, 11) is 1.53. The van der Waals surface area contributed by atoms with Gasteiger partial charge in [0.25, 0.3) is 11.1 Å². The number of ether oxygens (including phenoxy) is 2. The number of halogens is 2. The Morgan fingerprint density at radius 2 is 1.67 bits per heavy atom. The molecular weight excluding hydrogens is 465 g/mol. The van der Waals surface area contributed by atoms with E-state index in [1.165, 1.54) is 19.2 Å². The van der Waals surface area contributed by atoms with Crippen LogP contribution >= 0.6 is 23.4 Å². The summed E-state index contributed by atoms with van der Waals surface area (Å²) in [6.45, 7) is 0.429. The van der Waals surface area contributed by atoms with E-state index < -0.39 is 5.91 Å². The summed E-state index contributed by atoms with van der Waals surface area (Å²) < 4.78 is 24.4. The van der Waals surface area contributed by atoms with Crippen LogP contribution in [-0.4, -0.2) is 23.2 Å². The Labute approximate surface area is 199 Å². The molecule has 1 saturated heterocycles. The third kappa shape index (κ3) is 5.56. The molecule has 168 valence electrons. The number of methoxy groups -OCH3 is 1. The van der Waals surface area contributed by atoms with Crippen molar-refractivity contribution in [2.45, 2.75) is 13.2 Å². The number of carbonyl (C=O) groups is 2. The summed E-state index contributed by atoms with van der Waals surface area (Å²) in [5, 5.41) is 0.285. The van der Waals surface area contributed by atoms with Gasteiger partial charge in [0.2, 0.25) is 0 Å². The summed E-state index contributed by atoms with van der Waals surface area (Å²) >= 11 is 6.78. The van der Waals surface area contributed by atoms with Gasteiger partial charge in [-0.1, -0.05) is 41.9 Å². The van der Waals surface area contributed by atoms with E-state index in [2.05, 4.69) is 0 Å². The minimum Gasteiger partial charge on any atom is -0.493 e. The highest BCUT2D eigenvalue weighted by Crippen LogP contribution is 2.35. The van der Waals surface area contributed by atoms with Crippen LogP contribution in [0.4, 0.5) is 9.18 Å². The average Bonchev–Trinajstić information content (AvgIpc) is 3.07. The number of rotatable bonds is 7. The third-order valence-electron chi connectivity index (χ3n) is 4.92. The van der Waals surface area contributed by atoms with Crippen molar-refractivity contribution in [3.63, 3.8) is 0 Å². The van der Waals surface area contributed by atoms with Crippen LogP contribution in [-0.2, 0) is 17.9 Å². The molecule has 0 atom stereocenters. The van der Waals surface area contributed by atoms with Crippen molar-refractivity contribution in [3.05, 3.63) is 99.2 Å². The maximum absolute atomic E-state index is 13.1. The van der Waals surface area contributed by atoms with Crippen LogP contribution in [0.3, 0.4) is 0 Å². The van der Waals surface area contributed by atoms with Gasteiger partial charge in [0.1, 0.15) is 12.4 Å². The number of benzene rings is 3. The first-order valence-corrected chi connectivity index (χ1v) is 11.2. The number of hydrogen-bond acceptors (Lipinski definition) is 5. The van der Waals surface area contributed by atoms with Crippen molar-refractivity contribution in [3.8, 4) is 11.5 Å². The lowest BCUT2D eigenvalue weighted by molar-refractivity contribution is -0.123. The minimum atomic E-state index is -0.392. The molecule has 1 heterocycles. The molecule has 1 aliphatic heterocycles. The highest BCUT2D eigenvalue weighted by Gasteiger charge is 2.35. The predicted octanol–water partition coefficient (Wildman–Crippen LogP) is 6.30. The molecule has 33 heavy (non-hydrogen) atoms. The average molecular weight is 484 g/mol. The number of carbonyl (C=O) groups excluding carboxylic acids is 2. The number of amides is 2. The molecule has 0 spiro atoms. The molecule has 1 aliphatic rings. The number of hydrogen-bond donors (Lipinski definition) is 0. The van der Waals surface area contributed by atoms with E-state index in [4.69, 9.17) is 21.1 Å². The second-order valence-electron chi connectivity index (χ2n) is 7.22. The van der Waals surface area contributed by atoms with Gasteiger partial charge in [0.05, 0.1) is 18.6 Å². The largest absolute Gasteiger partial charge is 0.493 e. The molecule has 0 N–H and O–H groups in total. The molecule has 0 radical (unpaired) electrons. The van der Waals surface area contributed by atoms with Gasteiger partial charge in [-0.2, -0.15) is 0 Å². The maximum Gasteiger partial charge on any atom is 0.293 e. The SMILES string of the molecule is COc1cc(C=C2SC(=O)N(Cc3ccc(F)cc3)C2=O)ccc1OCc1ccc(Cl)cc1. The van der Waals surface area contributed by atoms with Crippen molar-refractivity contribution in [2.75, 3.05) is 7.11 Å². The Kier molecular flexibility index (Phi) is 7.01. The normalized spacial score (nSPS) is 14.8. The van der Waals surface area contributed by atoms with Gasteiger partial charge < -0.3 is 9.47 Å². The highest BCUT2D eigenvalue weighted by atomic mass is 35.5. The Morgan fingerprint density at radius 1 is 0.970 bits per heavy atom. The van der Waals surface area contributed by atoms with Crippen molar-refractivity contribution in [1.82, 2.24) is 4.90 Å². The molecule has 2 amide bonds. The molecular formula is C25H19ClFNO4S. The lowest BCUT2D eigenvalue weighted by atomic mass is 10.1. The smallest absolute Gasteiger partial charge is 0.293 e. The summed E-state index contributed by atoms with van der Waals surface area (Å²) in [6.07, 6.45) is 1.64. The fourth-order valence-electron chi connectivity index (χ4n) is 3.19. The molecule has 0 unspecified atom stereocenters. The number of nitrogens with zero attached hydrogens (tertiary/aromatic N) is 1. The van der Waals surface area contributed by atoms with Crippen LogP contribution < -0.4 is 9.47 Å². The first-order chi connectivity index (χ1) is 15.9. The Hall–Kier alpha value is -3.29. The first kappa shape index (κ1) is 22.9. The fraction of sp³-hybridized carbons (Fsp3) is 0.120. The van der Waals surface area contributed by atoms with Crippen molar-refractivity contribution >= 4 is 40.6 Å². The summed E-state index contributed by atoms with van der Waals surface area (Å²) in [5.74, 6) is 0.288. The van der Waals surface area contributed by atoms with Gasteiger partial charge in [-0.05, 0) is 70.9 Å². The zero-order valence-corrected chi connectivity index (χ0v) is 19.2. The Morgan fingerprint density at radius 3 is 2.36 bits per heavy atom. The molecule has 4 rings (SSSR count). The third-order valence-corrected chi connectivity index (χ3v) is 6.08. The Balaban J connectivity index is 1.47.